The summed E-state index contributed by atoms with van der Waals surface area (Å²) < 4.78 is 37.0. The van der Waals surface area contributed by atoms with Crippen LogP contribution in [0.1, 0.15) is 11.3 Å². The Bertz CT molecular complexity index is 549. The van der Waals surface area contributed by atoms with Gasteiger partial charge in [-0.3, -0.25) is 4.79 Å². The molecule has 1 aromatic heterocycles. The minimum absolute atomic E-state index is 0.102. The lowest BCUT2D eigenvalue weighted by Crippen LogP contribution is -2.14. The van der Waals surface area contributed by atoms with Crippen molar-refractivity contribution in [2.24, 2.45) is 0 Å². The second-order valence-electron chi connectivity index (χ2n) is 3.78. The Labute approximate surface area is 111 Å². The minimum Gasteiger partial charge on any atom is -0.326 e. The third-order valence-electron chi connectivity index (χ3n) is 2.32. The van der Waals surface area contributed by atoms with E-state index in [4.69, 9.17) is 0 Å². The summed E-state index contributed by atoms with van der Waals surface area (Å²) in [5, 5.41) is 4.26. The van der Waals surface area contributed by atoms with E-state index >= 15 is 0 Å². The number of rotatable bonds is 3. The summed E-state index contributed by atoms with van der Waals surface area (Å²) in [6, 6.07) is 4.31. The standard InChI is InChI=1S/C12H9F3N2OS/c13-12(14,15)8-1-3-9(4-2-8)17-11(18)5-10-6-19-7-16-10/h1-4,6-7H,5H2,(H,17,18). The molecule has 0 bridgehead atoms. The summed E-state index contributed by atoms with van der Waals surface area (Å²) in [4.78, 5) is 15.5. The first-order valence-electron chi connectivity index (χ1n) is 5.29. The first-order chi connectivity index (χ1) is 8.95. The summed E-state index contributed by atoms with van der Waals surface area (Å²) in [7, 11) is 0. The number of carbonyl (C=O) groups excluding carboxylic acids is 1. The van der Waals surface area contributed by atoms with E-state index < -0.39 is 11.7 Å². The van der Waals surface area contributed by atoms with Gasteiger partial charge in [0.05, 0.1) is 23.2 Å². The molecular weight excluding hydrogens is 277 g/mol. The van der Waals surface area contributed by atoms with Gasteiger partial charge in [-0.25, -0.2) is 4.98 Å². The van der Waals surface area contributed by atoms with Crippen LogP contribution in [0.2, 0.25) is 0 Å². The zero-order valence-electron chi connectivity index (χ0n) is 9.57. The predicted octanol–water partition coefficient (Wildman–Crippen LogP) is 3.34. The molecule has 1 amide bonds. The van der Waals surface area contributed by atoms with Gasteiger partial charge in [-0.15, -0.1) is 11.3 Å². The molecule has 7 heteroatoms. The number of hydrogen-bond acceptors (Lipinski definition) is 3. The van der Waals surface area contributed by atoms with Crippen LogP contribution in [-0.2, 0) is 17.4 Å². The predicted molar refractivity (Wildman–Crippen MR) is 65.9 cm³/mol. The number of thiazole rings is 1. The molecule has 0 unspecified atom stereocenters. The van der Waals surface area contributed by atoms with Gasteiger partial charge in [0.25, 0.3) is 0 Å². The number of nitrogens with zero attached hydrogens (tertiary/aromatic N) is 1. The lowest BCUT2D eigenvalue weighted by molar-refractivity contribution is -0.137. The van der Waals surface area contributed by atoms with Crippen LogP contribution in [0.3, 0.4) is 0 Å². The number of halogens is 3. The molecule has 0 aliphatic rings. The Morgan fingerprint density at radius 1 is 1.26 bits per heavy atom. The third kappa shape index (κ3) is 3.78. The van der Waals surface area contributed by atoms with Crippen molar-refractivity contribution in [3.8, 4) is 0 Å². The van der Waals surface area contributed by atoms with E-state index in [9.17, 15) is 18.0 Å². The maximum atomic E-state index is 12.3. The summed E-state index contributed by atoms with van der Waals surface area (Å²) in [5.74, 6) is -0.314. The molecule has 0 radical (unpaired) electrons. The van der Waals surface area contributed by atoms with Gasteiger partial charge in [-0.2, -0.15) is 13.2 Å². The van der Waals surface area contributed by atoms with Crippen molar-refractivity contribution in [3.05, 3.63) is 46.4 Å². The zero-order valence-corrected chi connectivity index (χ0v) is 10.4. The van der Waals surface area contributed by atoms with E-state index in [1.54, 1.807) is 10.9 Å². The van der Waals surface area contributed by atoms with Crippen LogP contribution in [0.15, 0.2) is 35.2 Å². The zero-order chi connectivity index (χ0) is 13.9. The van der Waals surface area contributed by atoms with Crippen molar-refractivity contribution in [2.75, 3.05) is 5.32 Å². The monoisotopic (exact) mass is 286 g/mol. The van der Waals surface area contributed by atoms with Gasteiger partial charge in [0.1, 0.15) is 0 Å². The minimum atomic E-state index is -4.37. The first kappa shape index (κ1) is 13.5. The fourth-order valence-corrected chi connectivity index (χ4v) is 2.00. The quantitative estimate of drug-likeness (QED) is 0.940. The molecule has 19 heavy (non-hydrogen) atoms. The first-order valence-corrected chi connectivity index (χ1v) is 6.23. The van der Waals surface area contributed by atoms with E-state index in [0.29, 0.717) is 11.4 Å². The van der Waals surface area contributed by atoms with Crippen molar-refractivity contribution in [3.63, 3.8) is 0 Å². The van der Waals surface area contributed by atoms with E-state index in [-0.39, 0.29) is 12.3 Å². The van der Waals surface area contributed by atoms with E-state index in [1.807, 2.05) is 0 Å². The lowest BCUT2D eigenvalue weighted by Gasteiger charge is -2.08. The van der Waals surface area contributed by atoms with Crippen LogP contribution < -0.4 is 5.32 Å². The van der Waals surface area contributed by atoms with Gasteiger partial charge < -0.3 is 5.32 Å². The molecule has 100 valence electrons. The number of amides is 1. The number of alkyl halides is 3. The molecule has 0 spiro atoms. The van der Waals surface area contributed by atoms with Crippen molar-refractivity contribution in [1.82, 2.24) is 4.98 Å². The molecule has 0 saturated carbocycles. The number of anilines is 1. The normalized spacial score (nSPS) is 11.3. The highest BCUT2D eigenvalue weighted by Gasteiger charge is 2.29. The van der Waals surface area contributed by atoms with Gasteiger partial charge in [-0.05, 0) is 24.3 Å². The van der Waals surface area contributed by atoms with Gasteiger partial charge >= 0.3 is 6.18 Å². The van der Waals surface area contributed by atoms with Gasteiger partial charge in [0.2, 0.25) is 5.91 Å². The number of hydrogen-bond donors (Lipinski definition) is 1. The van der Waals surface area contributed by atoms with Crippen molar-refractivity contribution < 1.29 is 18.0 Å². The third-order valence-corrected chi connectivity index (χ3v) is 2.96. The Morgan fingerprint density at radius 2 is 1.95 bits per heavy atom. The maximum Gasteiger partial charge on any atom is 0.416 e. The van der Waals surface area contributed by atoms with Gasteiger partial charge in [0.15, 0.2) is 0 Å². The van der Waals surface area contributed by atoms with Gasteiger partial charge in [0, 0.05) is 11.1 Å². The van der Waals surface area contributed by atoms with Crippen LogP contribution >= 0.6 is 11.3 Å². The van der Waals surface area contributed by atoms with Crippen LogP contribution in [0.5, 0.6) is 0 Å². The summed E-state index contributed by atoms with van der Waals surface area (Å²) in [6.45, 7) is 0. The number of aromatic nitrogens is 1. The maximum absolute atomic E-state index is 12.3. The number of benzene rings is 1. The van der Waals surface area contributed by atoms with Gasteiger partial charge in [-0.1, -0.05) is 0 Å². The van der Waals surface area contributed by atoms with Crippen molar-refractivity contribution in [1.29, 1.82) is 0 Å². The average molecular weight is 286 g/mol. The van der Waals surface area contributed by atoms with Crippen LogP contribution in [0, 0.1) is 0 Å². The summed E-state index contributed by atoms with van der Waals surface area (Å²) in [5.41, 5.74) is 1.83. The van der Waals surface area contributed by atoms with Crippen LogP contribution in [0.25, 0.3) is 0 Å². The topological polar surface area (TPSA) is 42.0 Å². The SMILES string of the molecule is O=C(Cc1cscn1)Nc1ccc(C(F)(F)F)cc1. The molecule has 1 aromatic carbocycles. The molecule has 0 atom stereocenters. The van der Waals surface area contributed by atoms with Crippen LogP contribution in [0.4, 0.5) is 18.9 Å². The number of carbonyl (C=O) groups is 1. The highest BCUT2D eigenvalue weighted by atomic mass is 32.1. The Balaban J connectivity index is 1.98. The molecule has 0 aliphatic carbocycles. The van der Waals surface area contributed by atoms with Crippen molar-refractivity contribution in [2.45, 2.75) is 12.6 Å². The molecule has 1 N–H and O–H groups in total. The Morgan fingerprint density at radius 3 is 2.47 bits per heavy atom. The molecule has 2 aromatic rings. The highest BCUT2D eigenvalue weighted by molar-refractivity contribution is 7.07. The molecular formula is C12H9F3N2OS. The smallest absolute Gasteiger partial charge is 0.326 e. The second-order valence-corrected chi connectivity index (χ2v) is 4.50. The van der Waals surface area contributed by atoms with Crippen LogP contribution in [-0.4, -0.2) is 10.9 Å². The fraction of sp³-hybridized carbons (Fsp3) is 0.167. The largest absolute Gasteiger partial charge is 0.416 e. The molecule has 0 saturated heterocycles. The van der Waals surface area contributed by atoms with E-state index in [2.05, 4.69) is 10.3 Å². The summed E-state index contributed by atoms with van der Waals surface area (Å²) >= 11 is 1.38. The Hall–Kier alpha value is -1.89. The lowest BCUT2D eigenvalue weighted by atomic mass is 10.2. The Kier molecular flexibility index (Phi) is 3.84. The van der Waals surface area contributed by atoms with E-state index in [0.717, 1.165) is 12.1 Å². The fourth-order valence-electron chi connectivity index (χ4n) is 1.44. The molecule has 0 aliphatic heterocycles. The van der Waals surface area contributed by atoms with Crippen molar-refractivity contribution >= 4 is 22.9 Å². The highest BCUT2D eigenvalue weighted by Crippen LogP contribution is 2.29. The number of nitrogens with one attached hydrogen (secondary N) is 1. The molecule has 3 nitrogen and oxygen atoms in total. The summed E-state index contributed by atoms with van der Waals surface area (Å²) in [6.07, 6.45) is -4.27. The molecule has 2 rings (SSSR count). The molecule has 0 fully saturated rings. The average Bonchev–Trinajstić information content (AvgIpc) is 2.81. The molecule has 1 heterocycles. The van der Waals surface area contributed by atoms with E-state index in [1.165, 1.54) is 23.5 Å². The second kappa shape index (κ2) is 5.40.